The van der Waals surface area contributed by atoms with Crippen molar-refractivity contribution in [3.05, 3.63) is 112 Å². The predicted molar refractivity (Wildman–Crippen MR) is 170 cm³/mol. The lowest BCUT2D eigenvalue weighted by Gasteiger charge is -2.11. The molecule has 6 heterocycles. The molecule has 0 atom stereocenters. The van der Waals surface area contributed by atoms with Gasteiger partial charge in [0.05, 0.1) is 22.8 Å². The molecule has 42 heavy (non-hydrogen) atoms. The molecule has 0 unspecified atom stereocenters. The van der Waals surface area contributed by atoms with Crippen LogP contribution in [0, 0.1) is 6.92 Å². The molecule has 0 aliphatic rings. The van der Waals surface area contributed by atoms with Crippen LogP contribution in [0.5, 0.6) is 0 Å². The van der Waals surface area contributed by atoms with Gasteiger partial charge < -0.3 is 18.4 Å². The van der Waals surface area contributed by atoms with Gasteiger partial charge in [0.1, 0.15) is 27.6 Å². The number of nitrogens with one attached hydrogen (secondary N) is 1. The van der Waals surface area contributed by atoms with Crippen LogP contribution in [0.3, 0.4) is 0 Å². The van der Waals surface area contributed by atoms with Gasteiger partial charge in [0.15, 0.2) is 11.5 Å². The number of furan rings is 2. The average molecular weight is 608 g/mol. The summed E-state index contributed by atoms with van der Waals surface area (Å²) in [6.45, 7) is 2.05. The van der Waals surface area contributed by atoms with Gasteiger partial charge in [0.25, 0.3) is 0 Å². The smallest absolute Gasteiger partial charge is 0.157 e. The van der Waals surface area contributed by atoms with E-state index in [-0.39, 0.29) is 0 Å². The highest BCUT2D eigenvalue weighted by atomic mass is 35.5. The van der Waals surface area contributed by atoms with E-state index in [2.05, 4.69) is 21.7 Å². The first-order valence-corrected chi connectivity index (χ1v) is 14.8. The summed E-state index contributed by atoms with van der Waals surface area (Å²) in [5, 5.41) is 6.15. The number of thiazole rings is 1. The summed E-state index contributed by atoms with van der Waals surface area (Å²) in [7, 11) is 0. The zero-order chi connectivity index (χ0) is 28.4. The maximum atomic E-state index is 6.21. The lowest BCUT2D eigenvalue weighted by atomic mass is 10.1. The second-order valence-electron chi connectivity index (χ2n) is 9.97. The number of H-pyrrole nitrogens is 1. The Hall–Kier alpha value is -4.56. The Morgan fingerprint density at radius 1 is 0.810 bits per heavy atom. The van der Waals surface area contributed by atoms with Crippen LogP contribution >= 0.6 is 34.5 Å². The molecule has 2 aromatic carbocycles. The summed E-state index contributed by atoms with van der Waals surface area (Å²) < 4.78 is 14.5. The number of aromatic nitrogens is 4. The Labute approximate surface area is 253 Å². The molecule has 0 radical (unpaired) electrons. The lowest BCUT2D eigenvalue weighted by molar-refractivity contribution is 0.627. The minimum atomic E-state index is 0.624. The molecular weight excluding hydrogens is 587 g/mol. The van der Waals surface area contributed by atoms with Crippen molar-refractivity contribution >= 4 is 56.5 Å². The molecule has 1 N–H and O–H groups in total. The van der Waals surface area contributed by atoms with E-state index in [9.17, 15) is 0 Å². The summed E-state index contributed by atoms with van der Waals surface area (Å²) in [6, 6.07) is 25.4. The summed E-state index contributed by atoms with van der Waals surface area (Å²) in [5.74, 6) is 1.41. The normalized spacial score (nSPS) is 11.7. The number of pyridine rings is 1. The molecular formula is C33H20Cl2N4O2S. The highest BCUT2D eigenvalue weighted by Crippen LogP contribution is 2.38. The fraction of sp³-hybridized carbons (Fsp3) is 0.0303. The molecule has 8 aromatic rings. The van der Waals surface area contributed by atoms with Crippen LogP contribution in [0.15, 0.2) is 105 Å². The van der Waals surface area contributed by atoms with E-state index in [0.29, 0.717) is 27.1 Å². The van der Waals surface area contributed by atoms with Gasteiger partial charge >= 0.3 is 0 Å². The Morgan fingerprint density at radius 3 is 2.50 bits per heavy atom. The van der Waals surface area contributed by atoms with E-state index < -0.39 is 0 Å². The number of aryl methyl sites for hydroxylation is 1. The largest absolute Gasteiger partial charge is 0.454 e. The maximum Gasteiger partial charge on any atom is 0.157 e. The second kappa shape index (κ2) is 9.77. The molecule has 0 amide bonds. The molecule has 0 fully saturated rings. The monoisotopic (exact) mass is 606 g/mol. The van der Waals surface area contributed by atoms with Crippen LogP contribution < -0.4 is 0 Å². The maximum absolute atomic E-state index is 6.21. The highest BCUT2D eigenvalue weighted by Gasteiger charge is 2.19. The number of benzene rings is 2. The Kier molecular flexibility index (Phi) is 5.86. The summed E-state index contributed by atoms with van der Waals surface area (Å²) in [6.07, 6.45) is 3.92. The van der Waals surface area contributed by atoms with Crippen molar-refractivity contribution in [1.82, 2.24) is 19.5 Å². The SMILES string of the molecule is Cc1c(-c2csc(-c3cccn3-c3cc(-c4ccc[nH]4)nc(-c4cc5ccc(Cl)cc5o4)c3)n2)oc2cc(Cl)ccc12. The standard InChI is InChI=1S/C33H20Cl2N4O2S/c1-18-23-9-8-21(35)14-30(23)41-32(18)27-17-42-33(38-27)28-5-3-11-39(28)22-15-25(24-4-2-10-36-24)37-26(16-22)31-12-19-6-7-20(34)13-29(19)40-31/h2-17,36H,1H3. The fourth-order valence-corrected chi connectivity index (χ4v) is 6.41. The molecule has 9 heteroatoms. The van der Waals surface area contributed by atoms with Crippen molar-refractivity contribution in [3.63, 3.8) is 0 Å². The third-order valence-electron chi connectivity index (χ3n) is 7.30. The highest BCUT2D eigenvalue weighted by molar-refractivity contribution is 7.13. The third-order valence-corrected chi connectivity index (χ3v) is 8.64. The van der Waals surface area contributed by atoms with Gasteiger partial charge in [0.2, 0.25) is 0 Å². The molecule has 0 aliphatic carbocycles. The van der Waals surface area contributed by atoms with Crippen molar-refractivity contribution in [2.24, 2.45) is 0 Å². The van der Waals surface area contributed by atoms with Gasteiger partial charge in [-0.15, -0.1) is 11.3 Å². The van der Waals surface area contributed by atoms with Gasteiger partial charge in [0, 0.05) is 56.3 Å². The number of hydrogen-bond acceptors (Lipinski definition) is 5. The van der Waals surface area contributed by atoms with Crippen molar-refractivity contribution in [2.75, 3.05) is 0 Å². The number of halogens is 2. The zero-order valence-corrected chi connectivity index (χ0v) is 24.4. The quantitative estimate of drug-likeness (QED) is 0.211. The van der Waals surface area contributed by atoms with Crippen molar-refractivity contribution in [2.45, 2.75) is 6.92 Å². The molecule has 6 nitrogen and oxygen atoms in total. The topological polar surface area (TPSA) is 72.8 Å². The van der Waals surface area contributed by atoms with E-state index in [1.807, 2.05) is 91.4 Å². The van der Waals surface area contributed by atoms with Crippen molar-refractivity contribution in [3.8, 4) is 50.7 Å². The molecule has 0 spiro atoms. The van der Waals surface area contributed by atoms with E-state index >= 15 is 0 Å². The number of hydrogen-bond donors (Lipinski definition) is 1. The van der Waals surface area contributed by atoms with E-state index in [1.54, 1.807) is 11.3 Å². The van der Waals surface area contributed by atoms with Crippen LogP contribution in [0.1, 0.15) is 5.56 Å². The summed E-state index contributed by atoms with van der Waals surface area (Å²) >= 11 is 14.0. The van der Waals surface area contributed by atoms with Gasteiger partial charge in [-0.2, -0.15) is 0 Å². The first-order valence-electron chi connectivity index (χ1n) is 13.2. The predicted octanol–water partition coefficient (Wildman–Crippen LogP) is 10.4. The third kappa shape index (κ3) is 4.25. The van der Waals surface area contributed by atoms with Gasteiger partial charge in [-0.05, 0) is 73.7 Å². The number of rotatable bonds is 5. The fourth-order valence-electron chi connectivity index (χ4n) is 5.26. The van der Waals surface area contributed by atoms with E-state index in [1.165, 1.54) is 0 Å². The molecule has 0 bridgehead atoms. The van der Waals surface area contributed by atoms with Crippen LogP contribution in [0.25, 0.3) is 72.6 Å². The van der Waals surface area contributed by atoms with Crippen molar-refractivity contribution in [1.29, 1.82) is 0 Å². The molecule has 0 saturated carbocycles. The average Bonchev–Trinajstić information content (AvgIpc) is 3.81. The number of fused-ring (bicyclic) bond motifs is 2. The van der Waals surface area contributed by atoms with Gasteiger partial charge in [-0.25, -0.2) is 9.97 Å². The Bertz CT molecular complexity index is 2250. The van der Waals surface area contributed by atoms with Crippen LogP contribution in [0.4, 0.5) is 0 Å². The van der Waals surface area contributed by atoms with E-state index in [0.717, 1.165) is 61.1 Å². The first-order chi connectivity index (χ1) is 20.5. The lowest BCUT2D eigenvalue weighted by Crippen LogP contribution is -1.98. The number of aromatic amines is 1. The molecule has 204 valence electrons. The van der Waals surface area contributed by atoms with Gasteiger partial charge in [-0.3, -0.25) is 0 Å². The molecule has 0 aliphatic heterocycles. The Balaban J connectivity index is 1.24. The minimum absolute atomic E-state index is 0.624. The van der Waals surface area contributed by atoms with Crippen LogP contribution in [0.2, 0.25) is 10.0 Å². The van der Waals surface area contributed by atoms with E-state index in [4.69, 9.17) is 42.0 Å². The molecule has 8 rings (SSSR count). The van der Waals surface area contributed by atoms with Gasteiger partial charge in [-0.1, -0.05) is 23.2 Å². The second-order valence-corrected chi connectivity index (χ2v) is 11.7. The molecule has 6 aromatic heterocycles. The van der Waals surface area contributed by atoms with Crippen LogP contribution in [-0.2, 0) is 0 Å². The zero-order valence-electron chi connectivity index (χ0n) is 22.1. The van der Waals surface area contributed by atoms with Crippen molar-refractivity contribution < 1.29 is 8.83 Å². The first kappa shape index (κ1) is 25.2. The summed E-state index contributed by atoms with van der Waals surface area (Å²) in [4.78, 5) is 13.2. The Morgan fingerprint density at radius 2 is 1.64 bits per heavy atom. The minimum Gasteiger partial charge on any atom is -0.454 e. The summed E-state index contributed by atoms with van der Waals surface area (Å²) in [5.41, 5.74) is 7.58. The van der Waals surface area contributed by atoms with Crippen LogP contribution in [-0.4, -0.2) is 19.5 Å². The number of nitrogens with zero attached hydrogens (tertiary/aromatic N) is 3. The molecule has 0 saturated heterocycles.